The summed E-state index contributed by atoms with van der Waals surface area (Å²) in [5.41, 5.74) is 0.930. The van der Waals surface area contributed by atoms with Crippen LogP contribution in [0.5, 0.6) is 0 Å². The maximum Gasteiger partial charge on any atom is 0.310 e. The van der Waals surface area contributed by atoms with Crippen molar-refractivity contribution in [1.29, 1.82) is 0 Å². The Bertz CT molecular complexity index is 599. The zero-order valence-corrected chi connectivity index (χ0v) is 11.9. The molecule has 0 aliphatic carbocycles. The van der Waals surface area contributed by atoms with Crippen molar-refractivity contribution in [3.8, 4) is 0 Å². The van der Waals surface area contributed by atoms with Gasteiger partial charge in [-0.25, -0.2) is 0 Å². The summed E-state index contributed by atoms with van der Waals surface area (Å²) < 4.78 is 4.68. The van der Waals surface area contributed by atoms with E-state index in [-0.39, 0.29) is 23.5 Å². The molecule has 1 aliphatic heterocycles. The summed E-state index contributed by atoms with van der Waals surface area (Å²) >= 11 is 0. The average Bonchev–Trinajstić information content (AvgIpc) is 2.95. The van der Waals surface area contributed by atoms with E-state index >= 15 is 0 Å². The first-order valence-corrected chi connectivity index (χ1v) is 6.56. The first-order chi connectivity index (χ1) is 9.93. The fourth-order valence-corrected chi connectivity index (χ4v) is 2.48. The molecule has 0 N–H and O–H groups in total. The van der Waals surface area contributed by atoms with E-state index in [0.29, 0.717) is 30.6 Å². The van der Waals surface area contributed by atoms with Gasteiger partial charge in [0.2, 0.25) is 0 Å². The highest BCUT2D eigenvalue weighted by molar-refractivity contribution is 5.96. The molecule has 1 atom stereocenters. The maximum absolute atomic E-state index is 12.4. The molecule has 1 aromatic carbocycles. The number of nitro groups is 1. The number of amides is 1. The minimum Gasteiger partial charge on any atom is -0.469 e. The van der Waals surface area contributed by atoms with Crippen molar-refractivity contribution in [3.63, 3.8) is 0 Å². The van der Waals surface area contributed by atoms with Crippen LogP contribution in [0.2, 0.25) is 0 Å². The number of non-ortho nitro benzene ring substituents is 1. The Morgan fingerprint density at radius 2 is 2.14 bits per heavy atom. The Balaban J connectivity index is 2.14. The molecule has 0 radical (unpaired) electrons. The number of ether oxygens (including phenoxy) is 1. The number of carbonyl (C=O) groups is 2. The highest BCUT2D eigenvalue weighted by Gasteiger charge is 2.32. The number of hydrogen-bond donors (Lipinski definition) is 0. The first kappa shape index (κ1) is 15.0. The zero-order chi connectivity index (χ0) is 15.6. The number of hydrogen-bond acceptors (Lipinski definition) is 5. The Kier molecular flexibility index (Phi) is 4.21. The normalized spacial score (nSPS) is 17.6. The SMILES string of the molecule is COC(=O)C1CCN(C(=O)c2ccc([N+](=O)[O-])cc2C)C1. The van der Waals surface area contributed by atoms with E-state index in [9.17, 15) is 19.7 Å². The molecular weight excluding hydrogens is 276 g/mol. The predicted molar refractivity (Wildman–Crippen MR) is 73.9 cm³/mol. The zero-order valence-electron chi connectivity index (χ0n) is 11.9. The number of benzene rings is 1. The van der Waals surface area contributed by atoms with Crippen LogP contribution in [-0.4, -0.2) is 41.9 Å². The van der Waals surface area contributed by atoms with Crippen LogP contribution < -0.4 is 0 Å². The molecule has 0 spiro atoms. The molecular formula is C14H16N2O5. The number of esters is 1. The van der Waals surface area contributed by atoms with Crippen LogP contribution in [0, 0.1) is 23.0 Å². The molecule has 0 aromatic heterocycles. The quantitative estimate of drug-likeness (QED) is 0.479. The topological polar surface area (TPSA) is 89.8 Å². The summed E-state index contributed by atoms with van der Waals surface area (Å²) in [6, 6.07) is 4.15. The molecule has 1 fully saturated rings. The van der Waals surface area contributed by atoms with Gasteiger partial charge < -0.3 is 9.64 Å². The van der Waals surface area contributed by atoms with Crippen molar-refractivity contribution in [3.05, 3.63) is 39.4 Å². The van der Waals surface area contributed by atoms with Gasteiger partial charge in [-0.15, -0.1) is 0 Å². The Morgan fingerprint density at radius 1 is 1.43 bits per heavy atom. The van der Waals surface area contributed by atoms with Crippen LogP contribution in [0.3, 0.4) is 0 Å². The monoisotopic (exact) mass is 292 g/mol. The number of rotatable bonds is 3. The lowest BCUT2D eigenvalue weighted by atomic mass is 10.1. The van der Waals surface area contributed by atoms with E-state index in [1.54, 1.807) is 11.8 Å². The van der Waals surface area contributed by atoms with Gasteiger partial charge in [-0.1, -0.05) is 0 Å². The Hall–Kier alpha value is -2.44. The van der Waals surface area contributed by atoms with Crippen LogP contribution in [-0.2, 0) is 9.53 Å². The first-order valence-electron chi connectivity index (χ1n) is 6.56. The van der Waals surface area contributed by atoms with E-state index in [2.05, 4.69) is 4.74 Å². The van der Waals surface area contributed by atoms with Gasteiger partial charge in [-0.2, -0.15) is 0 Å². The van der Waals surface area contributed by atoms with Gasteiger partial charge >= 0.3 is 5.97 Å². The number of methoxy groups -OCH3 is 1. The largest absolute Gasteiger partial charge is 0.469 e. The predicted octanol–water partition coefficient (Wildman–Crippen LogP) is 1.54. The van der Waals surface area contributed by atoms with Crippen LogP contribution in [0.4, 0.5) is 5.69 Å². The van der Waals surface area contributed by atoms with Gasteiger partial charge in [-0.05, 0) is 25.0 Å². The van der Waals surface area contributed by atoms with Crippen molar-refractivity contribution in [2.45, 2.75) is 13.3 Å². The van der Waals surface area contributed by atoms with E-state index in [0.717, 1.165) is 0 Å². The highest BCUT2D eigenvalue weighted by Crippen LogP contribution is 2.23. The third-order valence-electron chi connectivity index (χ3n) is 3.66. The summed E-state index contributed by atoms with van der Waals surface area (Å²) in [7, 11) is 1.33. The lowest BCUT2D eigenvalue weighted by molar-refractivity contribution is -0.384. The highest BCUT2D eigenvalue weighted by atomic mass is 16.6. The second kappa shape index (κ2) is 5.90. The summed E-state index contributed by atoms with van der Waals surface area (Å²) in [6.07, 6.45) is 0.574. The van der Waals surface area contributed by atoms with Crippen LogP contribution in [0.15, 0.2) is 18.2 Å². The second-order valence-corrected chi connectivity index (χ2v) is 5.02. The van der Waals surface area contributed by atoms with Crippen LogP contribution in [0.1, 0.15) is 22.3 Å². The van der Waals surface area contributed by atoms with Gasteiger partial charge in [-0.3, -0.25) is 19.7 Å². The molecule has 7 heteroatoms. The van der Waals surface area contributed by atoms with Gasteiger partial charge in [0.05, 0.1) is 18.0 Å². The molecule has 21 heavy (non-hydrogen) atoms. The smallest absolute Gasteiger partial charge is 0.310 e. The molecule has 1 aliphatic rings. The van der Waals surface area contributed by atoms with Gasteiger partial charge in [0, 0.05) is 30.8 Å². The summed E-state index contributed by atoms with van der Waals surface area (Å²) in [4.78, 5) is 35.7. The molecule has 2 rings (SSSR count). The fraction of sp³-hybridized carbons (Fsp3) is 0.429. The number of likely N-dealkylation sites (tertiary alicyclic amines) is 1. The minimum absolute atomic E-state index is 0.0436. The van der Waals surface area contributed by atoms with Gasteiger partial charge in [0.25, 0.3) is 11.6 Å². The summed E-state index contributed by atoms with van der Waals surface area (Å²) in [5, 5.41) is 10.7. The fourth-order valence-electron chi connectivity index (χ4n) is 2.48. The lowest BCUT2D eigenvalue weighted by Crippen LogP contribution is -2.30. The number of carbonyl (C=O) groups excluding carboxylic acids is 2. The molecule has 1 saturated heterocycles. The third kappa shape index (κ3) is 3.01. The number of nitrogens with zero attached hydrogens (tertiary/aromatic N) is 2. The molecule has 0 saturated carbocycles. The van der Waals surface area contributed by atoms with Crippen molar-refractivity contribution in [2.24, 2.45) is 5.92 Å². The molecule has 1 aromatic rings. The lowest BCUT2D eigenvalue weighted by Gasteiger charge is -2.17. The standard InChI is InChI=1S/C14H16N2O5/c1-9-7-11(16(19)20)3-4-12(9)13(17)15-6-5-10(8-15)14(18)21-2/h3-4,7,10H,5-6,8H2,1-2H3. The Morgan fingerprint density at radius 3 is 2.71 bits per heavy atom. The second-order valence-electron chi connectivity index (χ2n) is 5.02. The van der Waals surface area contributed by atoms with Crippen molar-refractivity contribution >= 4 is 17.6 Å². The molecule has 1 unspecified atom stereocenters. The van der Waals surface area contributed by atoms with E-state index in [1.165, 1.54) is 25.3 Å². The van der Waals surface area contributed by atoms with Crippen molar-refractivity contribution < 1.29 is 19.2 Å². The minimum atomic E-state index is -0.496. The van der Waals surface area contributed by atoms with Crippen molar-refractivity contribution in [2.75, 3.05) is 20.2 Å². The number of nitro benzene ring substituents is 1. The van der Waals surface area contributed by atoms with Gasteiger partial charge in [0.15, 0.2) is 0 Å². The summed E-state index contributed by atoms with van der Waals surface area (Å²) in [5.74, 6) is -0.822. The van der Waals surface area contributed by atoms with Crippen LogP contribution >= 0.6 is 0 Å². The number of aryl methyl sites for hydroxylation is 1. The van der Waals surface area contributed by atoms with E-state index < -0.39 is 4.92 Å². The molecule has 1 amide bonds. The molecule has 0 bridgehead atoms. The van der Waals surface area contributed by atoms with Gasteiger partial charge in [0.1, 0.15) is 0 Å². The van der Waals surface area contributed by atoms with Crippen LogP contribution in [0.25, 0.3) is 0 Å². The molecule has 112 valence electrons. The summed E-state index contributed by atoms with van der Waals surface area (Å²) in [6.45, 7) is 2.46. The van der Waals surface area contributed by atoms with E-state index in [1.807, 2.05) is 0 Å². The average molecular weight is 292 g/mol. The molecule has 1 heterocycles. The van der Waals surface area contributed by atoms with E-state index in [4.69, 9.17) is 0 Å². The maximum atomic E-state index is 12.4. The molecule has 7 nitrogen and oxygen atoms in total. The third-order valence-corrected chi connectivity index (χ3v) is 3.66. The Labute approximate surface area is 121 Å². The van der Waals surface area contributed by atoms with Crippen molar-refractivity contribution in [1.82, 2.24) is 4.90 Å².